The lowest BCUT2D eigenvalue weighted by Crippen LogP contribution is -2.27. The molecule has 6 nitrogen and oxygen atoms in total. The van der Waals surface area contributed by atoms with Gasteiger partial charge in [0.1, 0.15) is 12.4 Å². The molecule has 0 saturated carbocycles. The summed E-state index contributed by atoms with van der Waals surface area (Å²) in [5.74, 6) is 2.27. The molecule has 0 atom stereocenters. The van der Waals surface area contributed by atoms with Crippen LogP contribution in [0.4, 0.5) is 15.8 Å². The molecule has 1 aliphatic rings. The molecule has 1 fully saturated rings. The Kier molecular flexibility index (Phi) is 7.68. The number of rotatable bonds is 7. The summed E-state index contributed by atoms with van der Waals surface area (Å²) in [5.41, 5.74) is 1.95. The Morgan fingerprint density at radius 1 is 1.17 bits per heavy atom. The van der Waals surface area contributed by atoms with E-state index in [0.717, 1.165) is 11.8 Å². The van der Waals surface area contributed by atoms with E-state index in [1.165, 1.54) is 36.3 Å². The molecule has 2 amide bonds. The van der Waals surface area contributed by atoms with E-state index in [1.54, 1.807) is 48.5 Å². The molecule has 3 aromatic rings. The second-order valence-corrected chi connectivity index (χ2v) is 9.11. The normalized spacial score (nSPS) is 14.0. The number of thioether (sulfide) groups is 1. The first-order chi connectivity index (χ1) is 17.4. The van der Waals surface area contributed by atoms with Crippen molar-refractivity contribution in [1.29, 1.82) is 0 Å². The fourth-order valence-corrected chi connectivity index (χ4v) is 4.68. The van der Waals surface area contributed by atoms with Gasteiger partial charge in [0.05, 0.1) is 17.7 Å². The Labute approximate surface area is 217 Å². The fourth-order valence-electron chi connectivity index (χ4n) is 3.38. The highest BCUT2D eigenvalue weighted by molar-refractivity contribution is 8.27. The number of hydrogen-bond donors (Lipinski definition) is 1. The van der Waals surface area contributed by atoms with Crippen molar-refractivity contribution < 1.29 is 23.5 Å². The zero-order valence-electron chi connectivity index (χ0n) is 19.0. The highest BCUT2D eigenvalue weighted by Gasteiger charge is 2.33. The van der Waals surface area contributed by atoms with E-state index in [1.807, 2.05) is 0 Å². The number of carbonyl (C=O) groups excluding carboxylic acids is 2. The summed E-state index contributed by atoms with van der Waals surface area (Å²) >= 11 is 6.62. The Morgan fingerprint density at radius 3 is 2.67 bits per heavy atom. The van der Waals surface area contributed by atoms with Crippen LogP contribution >= 0.6 is 24.0 Å². The van der Waals surface area contributed by atoms with Gasteiger partial charge in [-0.05, 0) is 66.2 Å². The van der Waals surface area contributed by atoms with E-state index in [0.29, 0.717) is 43.2 Å². The van der Waals surface area contributed by atoms with E-state index >= 15 is 0 Å². The zero-order valence-corrected chi connectivity index (χ0v) is 20.6. The van der Waals surface area contributed by atoms with Crippen molar-refractivity contribution in [3.63, 3.8) is 0 Å². The van der Waals surface area contributed by atoms with Crippen LogP contribution in [0.15, 0.2) is 71.6 Å². The second-order valence-electron chi connectivity index (χ2n) is 7.43. The third kappa shape index (κ3) is 5.57. The standard InChI is InChI=1S/C27H19FN2O4S2/c1-3-13-34-22-12-7-17(14-23(22)33-2)15-24-26(32)30(27(35)36-24)21-6-4-5-18(16-21)25(31)29-20-10-8-19(28)9-11-20/h1,4-12,14-16H,13H2,2H3,(H,29,31)/b24-15+. The van der Waals surface area contributed by atoms with Gasteiger partial charge in [-0.15, -0.1) is 6.42 Å². The summed E-state index contributed by atoms with van der Waals surface area (Å²) in [6, 6.07) is 17.2. The molecule has 1 N–H and O–H groups in total. The van der Waals surface area contributed by atoms with Crippen molar-refractivity contribution in [2.24, 2.45) is 0 Å². The number of carbonyl (C=O) groups is 2. The smallest absolute Gasteiger partial charge is 0.270 e. The maximum absolute atomic E-state index is 13.2. The lowest BCUT2D eigenvalue weighted by Gasteiger charge is -2.15. The molecule has 0 spiro atoms. The Bertz CT molecular complexity index is 1410. The van der Waals surface area contributed by atoms with Crippen LogP contribution in [0.5, 0.6) is 11.5 Å². The van der Waals surface area contributed by atoms with E-state index in [-0.39, 0.29) is 12.5 Å². The monoisotopic (exact) mass is 518 g/mol. The second kappa shape index (κ2) is 11.1. The van der Waals surface area contributed by atoms with Crippen molar-refractivity contribution >= 4 is 57.6 Å². The van der Waals surface area contributed by atoms with Crippen molar-refractivity contribution in [2.45, 2.75) is 0 Å². The number of thiocarbonyl (C=S) groups is 1. The minimum atomic E-state index is -0.399. The molecule has 36 heavy (non-hydrogen) atoms. The average Bonchev–Trinajstić information content (AvgIpc) is 3.16. The molecule has 1 aliphatic heterocycles. The molecule has 0 aliphatic carbocycles. The van der Waals surface area contributed by atoms with Crippen LogP contribution in [-0.2, 0) is 4.79 Å². The third-order valence-electron chi connectivity index (χ3n) is 5.06. The molecule has 9 heteroatoms. The number of anilines is 2. The molecule has 4 rings (SSSR count). The Balaban J connectivity index is 1.54. The lowest BCUT2D eigenvalue weighted by atomic mass is 10.1. The fraction of sp³-hybridized carbons (Fsp3) is 0.0741. The van der Waals surface area contributed by atoms with Crippen LogP contribution < -0.4 is 19.7 Å². The summed E-state index contributed by atoms with van der Waals surface area (Å²) in [6.07, 6.45) is 6.95. The average molecular weight is 519 g/mol. The number of ether oxygens (including phenoxy) is 2. The quantitative estimate of drug-likeness (QED) is 0.253. The zero-order chi connectivity index (χ0) is 25.7. The molecule has 180 valence electrons. The minimum absolute atomic E-state index is 0.106. The summed E-state index contributed by atoms with van der Waals surface area (Å²) in [4.78, 5) is 27.7. The first-order valence-electron chi connectivity index (χ1n) is 10.6. The molecule has 0 radical (unpaired) electrons. The van der Waals surface area contributed by atoms with Gasteiger partial charge in [0.2, 0.25) is 0 Å². The third-order valence-corrected chi connectivity index (χ3v) is 6.36. The molecule has 3 aromatic carbocycles. The number of hydrogen-bond acceptors (Lipinski definition) is 6. The van der Waals surface area contributed by atoms with Gasteiger partial charge in [-0.1, -0.05) is 42.0 Å². The lowest BCUT2D eigenvalue weighted by molar-refractivity contribution is -0.113. The van der Waals surface area contributed by atoms with Gasteiger partial charge in [0, 0.05) is 11.3 Å². The number of benzene rings is 3. The maximum Gasteiger partial charge on any atom is 0.270 e. The van der Waals surface area contributed by atoms with Gasteiger partial charge in [0.25, 0.3) is 11.8 Å². The van der Waals surface area contributed by atoms with Crippen LogP contribution in [0.25, 0.3) is 6.08 Å². The van der Waals surface area contributed by atoms with Crippen molar-refractivity contribution in [2.75, 3.05) is 23.9 Å². The highest BCUT2D eigenvalue weighted by Crippen LogP contribution is 2.37. The van der Waals surface area contributed by atoms with Gasteiger partial charge in [-0.2, -0.15) is 0 Å². The molecular weight excluding hydrogens is 499 g/mol. The van der Waals surface area contributed by atoms with E-state index in [4.69, 9.17) is 28.1 Å². The predicted molar refractivity (Wildman–Crippen MR) is 144 cm³/mol. The van der Waals surface area contributed by atoms with Gasteiger partial charge in [-0.25, -0.2) is 4.39 Å². The van der Waals surface area contributed by atoms with Crippen LogP contribution in [0.1, 0.15) is 15.9 Å². The summed E-state index contributed by atoms with van der Waals surface area (Å²) < 4.78 is 24.3. The summed E-state index contributed by atoms with van der Waals surface area (Å²) in [5, 5.41) is 2.70. The van der Waals surface area contributed by atoms with Crippen molar-refractivity contribution in [3.05, 3.63) is 88.6 Å². The Morgan fingerprint density at radius 2 is 1.94 bits per heavy atom. The van der Waals surface area contributed by atoms with Crippen molar-refractivity contribution in [3.8, 4) is 23.8 Å². The van der Waals surface area contributed by atoms with Gasteiger partial charge in [-0.3, -0.25) is 14.5 Å². The van der Waals surface area contributed by atoms with Crippen LogP contribution in [0.3, 0.4) is 0 Å². The largest absolute Gasteiger partial charge is 0.493 e. The Hall–Kier alpha value is -4.13. The van der Waals surface area contributed by atoms with Crippen molar-refractivity contribution in [1.82, 2.24) is 0 Å². The van der Waals surface area contributed by atoms with Crippen LogP contribution in [0, 0.1) is 18.2 Å². The molecule has 0 bridgehead atoms. The van der Waals surface area contributed by atoms with Gasteiger partial charge in [0.15, 0.2) is 15.8 Å². The summed E-state index contributed by atoms with van der Waals surface area (Å²) in [7, 11) is 1.51. The van der Waals surface area contributed by atoms with Gasteiger partial charge < -0.3 is 14.8 Å². The first-order valence-corrected chi connectivity index (χ1v) is 11.8. The molecule has 1 saturated heterocycles. The number of nitrogens with one attached hydrogen (secondary N) is 1. The van der Waals surface area contributed by atoms with Crippen LogP contribution in [0.2, 0.25) is 0 Å². The SMILES string of the molecule is C#CCOc1ccc(/C=C2/SC(=S)N(c3cccc(C(=O)Nc4ccc(F)cc4)c3)C2=O)cc1OC. The first kappa shape index (κ1) is 25.0. The van der Waals surface area contributed by atoms with Crippen LogP contribution in [-0.4, -0.2) is 29.9 Å². The predicted octanol–water partition coefficient (Wildman–Crippen LogP) is 5.50. The van der Waals surface area contributed by atoms with E-state index in [2.05, 4.69) is 11.2 Å². The highest BCUT2D eigenvalue weighted by atomic mass is 32.2. The number of halogens is 1. The topological polar surface area (TPSA) is 67.9 Å². The number of amides is 2. The molecular formula is C27H19FN2O4S2. The molecule has 1 heterocycles. The number of terminal acetylenes is 1. The summed E-state index contributed by atoms with van der Waals surface area (Å²) in [6.45, 7) is 0.106. The minimum Gasteiger partial charge on any atom is -0.493 e. The maximum atomic E-state index is 13.2. The van der Waals surface area contributed by atoms with Gasteiger partial charge >= 0.3 is 0 Å². The number of methoxy groups -OCH3 is 1. The molecule has 0 unspecified atom stereocenters. The molecule has 0 aromatic heterocycles. The number of nitrogens with zero attached hydrogens (tertiary/aromatic N) is 1. The van der Waals surface area contributed by atoms with E-state index < -0.39 is 11.7 Å². The van der Waals surface area contributed by atoms with E-state index in [9.17, 15) is 14.0 Å².